The van der Waals surface area contributed by atoms with Crippen molar-refractivity contribution in [2.24, 2.45) is 5.73 Å². The maximum Gasteiger partial charge on any atom is 0.237 e. The van der Waals surface area contributed by atoms with Crippen molar-refractivity contribution in [3.63, 3.8) is 0 Å². The lowest BCUT2D eigenvalue weighted by Gasteiger charge is -2.40. The van der Waals surface area contributed by atoms with E-state index in [1.807, 2.05) is 19.1 Å². The van der Waals surface area contributed by atoms with Crippen LogP contribution in [0.4, 0.5) is 5.13 Å². The van der Waals surface area contributed by atoms with Gasteiger partial charge in [-0.15, -0.1) is 11.3 Å². The summed E-state index contributed by atoms with van der Waals surface area (Å²) < 4.78 is 38.4. The van der Waals surface area contributed by atoms with Crippen molar-refractivity contribution in [1.82, 2.24) is 19.9 Å². The zero-order valence-corrected chi connectivity index (χ0v) is 21.2. The largest absolute Gasteiger partial charge is 0.477 e. The summed E-state index contributed by atoms with van der Waals surface area (Å²) in [7, 11) is -3.48. The lowest BCUT2D eigenvalue weighted by atomic mass is 9.67. The van der Waals surface area contributed by atoms with Gasteiger partial charge in [0.05, 0.1) is 42.2 Å². The molecule has 1 saturated carbocycles. The van der Waals surface area contributed by atoms with Gasteiger partial charge in [0.1, 0.15) is 5.41 Å². The number of thiazole rings is 1. The number of sulfonamides is 1. The topological polar surface area (TPSA) is 159 Å². The zero-order chi connectivity index (χ0) is 25.3. The molecule has 1 aliphatic carbocycles. The number of anilines is 1. The number of nitrogens with one attached hydrogen (secondary N) is 1. The van der Waals surface area contributed by atoms with Crippen molar-refractivity contribution < 1.29 is 22.7 Å². The highest BCUT2D eigenvalue weighted by Crippen LogP contribution is 2.45. The number of carbonyl (C=O) groups excluding carboxylic acids is 1. The number of nitrogens with zero attached hydrogens (tertiary/aromatic N) is 4. The average Bonchev–Trinajstić information content (AvgIpc) is 3.65. The number of hydrogen-bond donors (Lipinski definition) is 2. The summed E-state index contributed by atoms with van der Waals surface area (Å²) in [5.41, 5.74) is 7.17. The summed E-state index contributed by atoms with van der Waals surface area (Å²) in [6.07, 6.45) is 6.41. The van der Waals surface area contributed by atoms with E-state index in [0.717, 1.165) is 16.9 Å². The molecule has 1 amide bonds. The van der Waals surface area contributed by atoms with E-state index < -0.39 is 27.3 Å². The van der Waals surface area contributed by atoms with Crippen LogP contribution in [0.25, 0.3) is 11.3 Å². The highest BCUT2D eigenvalue weighted by Gasteiger charge is 2.51. The van der Waals surface area contributed by atoms with Gasteiger partial charge in [0.15, 0.2) is 5.13 Å². The van der Waals surface area contributed by atoms with E-state index >= 15 is 0 Å². The average molecular weight is 531 g/mol. The number of aromatic nitrogens is 4. The Balaban J connectivity index is 1.46. The van der Waals surface area contributed by atoms with Gasteiger partial charge in [0.2, 0.25) is 21.8 Å². The van der Waals surface area contributed by atoms with E-state index in [2.05, 4.69) is 24.7 Å². The first-order chi connectivity index (χ1) is 17.3. The van der Waals surface area contributed by atoms with Crippen LogP contribution in [-0.2, 0) is 25.0 Å². The number of pyridine rings is 1. The molecular formula is C23H26N6O5S2. The maximum absolute atomic E-state index is 13.0. The smallest absolute Gasteiger partial charge is 0.237 e. The van der Waals surface area contributed by atoms with Crippen LogP contribution >= 0.6 is 11.3 Å². The summed E-state index contributed by atoms with van der Waals surface area (Å²) in [4.78, 5) is 30.7. The van der Waals surface area contributed by atoms with Gasteiger partial charge in [-0.25, -0.2) is 18.4 Å². The number of nitrogens with two attached hydrogens (primary N) is 1. The van der Waals surface area contributed by atoms with E-state index in [9.17, 15) is 13.2 Å². The molecule has 11 nitrogen and oxygen atoms in total. The fourth-order valence-corrected chi connectivity index (χ4v) is 6.78. The quantitative estimate of drug-likeness (QED) is 0.423. The molecule has 2 fully saturated rings. The summed E-state index contributed by atoms with van der Waals surface area (Å²) in [5, 5.41) is 1.53. The van der Waals surface area contributed by atoms with Gasteiger partial charge in [0.25, 0.3) is 0 Å². The highest BCUT2D eigenvalue weighted by atomic mass is 32.2. The van der Waals surface area contributed by atoms with Gasteiger partial charge in [-0.05, 0) is 38.3 Å². The first kappa shape index (κ1) is 24.5. The van der Waals surface area contributed by atoms with Gasteiger partial charge >= 0.3 is 0 Å². The molecule has 2 unspecified atom stereocenters. The fraction of sp³-hybridized carbons (Fsp3) is 0.435. The van der Waals surface area contributed by atoms with Crippen molar-refractivity contribution in [3.05, 3.63) is 47.5 Å². The van der Waals surface area contributed by atoms with Gasteiger partial charge in [-0.1, -0.05) is 0 Å². The standard InChI is InChI=1S/C23H26N6O5S2/c1-2-34-20-11-25-10-18(27-20)14-3-6-17(26-9-14)16-12-33-8-7-23(16,21(24)30)19-13-35-22(28-19)29-36(31,32)15-4-5-15/h3,6,9-11,13,15-16H,2,4-5,7-8,12H2,1H3,(H2,24,30)(H,28,29). The van der Waals surface area contributed by atoms with Crippen LogP contribution in [0.15, 0.2) is 36.1 Å². The predicted octanol–water partition coefficient (Wildman–Crippen LogP) is 2.23. The summed E-state index contributed by atoms with van der Waals surface area (Å²) in [6, 6.07) is 3.66. The van der Waals surface area contributed by atoms with E-state index in [0.29, 0.717) is 55.4 Å². The summed E-state index contributed by atoms with van der Waals surface area (Å²) >= 11 is 1.14. The Labute approximate surface area is 212 Å². The van der Waals surface area contributed by atoms with E-state index in [1.165, 1.54) is 0 Å². The Bertz CT molecular complexity index is 1360. The van der Waals surface area contributed by atoms with Crippen molar-refractivity contribution >= 4 is 32.4 Å². The molecule has 3 aromatic rings. The Hall–Kier alpha value is -3.16. The Morgan fingerprint density at radius 1 is 1.28 bits per heavy atom. The minimum atomic E-state index is -3.48. The van der Waals surface area contributed by atoms with Gasteiger partial charge in [0, 0.05) is 35.4 Å². The van der Waals surface area contributed by atoms with Gasteiger partial charge < -0.3 is 15.2 Å². The number of ether oxygens (including phenoxy) is 2. The van der Waals surface area contributed by atoms with Crippen molar-refractivity contribution in [2.45, 2.75) is 42.8 Å². The third-order valence-electron chi connectivity index (χ3n) is 6.46. The van der Waals surface area contributed by atoms with Crippen LogP contribution < -0.4 is 15.2 Å². The monoisotopic (exact) mass is 530 g/mol. The molecule has 13 heteroatoms. The number of hydrogen-bond acceptors (Lipinski definition) is 10. The third-order valence-corrected chi connectivity index (χ3v) is 9.17. The fourth-order valence-electron chi connectivity index (χ4n) is 4.39. The second-order valence-corrected chi connectivity index (χ2v) is 11.6. The molecular weight excluding hydrogens is 504 g/mol. The van der Waals surface area contributed by atoms with Crippen LogP contribution in [0.2, 0.25) is 0 Å². The molecule has 3 aromatic heterocycles. The third kappa shape index (κ3) is 4.65. The zero-order valence-electron chi connectivity index (χ0n) is 19.6. The lowest BCUT2D eigenvalue weighted by Crippen LogP contribution is -2.51. The number of amides is 1. The first-order valence-corrected chi connectivity index (χ1v) is 14.0. The minimum absolute atomic E-state index is 0.218. The number of primary amides is 1. The minimum Gasteiger partial charge on any atom is -0.477 e. The molecule has 36 heavy (non-hydrogen) atoms. The molecule has 2 atom stereocenters. The molecule has 0 spiro atoms. The molecule has 4 heterocycles. The second-order valence-electron chi connectivity index (χ2n) is 8.74. The Kier molecular flexibility index (Phi) is 6.62. The van der Waals surface area contributed by atoms with Crippen molar-refractivity contribution in [2.75, 3.05) is 24.5 Å². The molecule has 1 aliphatic heterocycles. The molecule has 0 aromatic carbocycles. The molecule has 1 saturated heterocycles. The van der Waals surface area contributed by atoms with E-state index in [4.69, 9.17) is 15.2 Å². The number of rotatable bonds is 9. The Morgan fingerprint density at radius 3 is 2.81 bits per heavy atom. The molecule has 190 valence electrons. The van der Waals surface area contributed by atoms with Gasteiger partial charge in [-0.2, -0.15) is 0 Å². The van der Waals surface area contributed by atoms with Crippen LogP contribution in [0.3, 0.4) is 0 Å². The van der Waals surface area contributed by atoms with Crippen molar-refractivity contribution in [1.29, 1.82) is 0 Å². The van der Waals surface area contributed by atoms with Crippen LogP contribution in [0.1, 0.15) is 43.5 Å². The number of carbonyl (C=O) groups is 1. The highest BCUT2D eigenvalue weighted by molar-refractivity contribution is 7.93. The van der Waals surface area contributed by atoms with Crippen LogP contribution in [0.5, 0.6) is 5.88 Å². The second kappa shape index (κ2) is 9.71. The lowest BCUT2D eigenvalue weighted by molar-refractivity contribution is -0.128. The SMILES string of the molecule is CCOc1cncc(-c2ccc(C3COCCC3(C(N)=O)c3csc(NS(=O)(=O)C4CC4)n3)nc2)n1. The van der Waals surface area contributed by atoms with Crippen LogP contribution in [0, 0.1) is 0 Å². The van der Waals surface area contributed by atoms with Crippen LogP contribution in [-0.4, -0.2) is 59.3 Å². The summed E-state index contributed by atoms with van der Waals surface area (Å²) in [5.74, 6) is -0.642. The molecule has 2 aliphatic rings. The van der Waals surface area contributed by atoms with Gasteiger partial charge in [-0.3, -0.25) is 19.5 Å². The maximum atomic E-state index is 13.0. The molecule has 5 rings (SSSR count). The molecule has 3 N–H and O–H groups in total. The predicted molar refractivity (Wildman–Crippen MR) is 133 cm³/mol. The normalized spacial score (nSPS) is 22.2. The van der Waals surface area contributed by atoms with Crippen molar-refractivity contribution in [3.8, 4) is 17.1 Å². The molecule has 0 radical (unpaired) electrons. The molecule has 0 bridgehead atoms. The summed E-state index contributed by atoms with van der Waals surface area (Å²) in [6.45, 7) is 2.88. The first-order valence-electron chi connectivity index (χ1n) is 11.6. The Morgan fingerprint density at radius 2 is 2.11 bits per heavy atom. The van der Waals surface area contributed by atoms with E-state index in [1.54, 1.807) is 24.0 Å². The van der Waals surface area contributed by atoms with E-state index in [-0.39, 0.29) is 17.0 Å².